The number of aliphatic hydroxyl groups is 4. The van der Waals surface area contributed by atoms with Crippen LogP contribution >= 0.6 is 0 Å². The Hall–Kier alpha value is -2.44. The summed E-state index contributed by atoms with van der Waals surface area (Å²) in [7, 11) is 1.51. The van der Waals surface area contributed by atoms with Gasteiger partial charge >= 0.3 is 11.9 Å². The van der Waals surface area contributed by atoms with Crippen LogP contribution in [0.3, 0.4) is 0 Å². The summed E-state index contributed by atoms with van der Waals surface area (Å²) in [4.78, 5) is 28.8. The van der Waals surface area contributed by atoms with Crippen molar-refractivity contribution in [1.82, 2.24) is 4.90 Å². The highest BCUT2D eigenvalue weighted by Crippen LogP contribution is 2.69. The molecule has 0 aromatic heterocycles. The SMILES string of the molecule is COc1ccc(C(=O)O[C@H]2[C@H](O[C@@H]3[C@@H](OC(C)=O)[C@H](O[C@H]4C[C@H]5[C@@H]6CC[C@H]7C[C@@H](O)CC[C@]7(C)[C@H]6CC[C@]5(C)[C@H]4[C@H](C)CCC[C@@H](C)CN4CCOCC4)OC[C@@H]3O)OC[C@@H](O)[C@@H]2O)cc1. The Kier molecular flexibility index (Phi) is 16.1. The first-order chi connectivity index (χ1) is 31.6. The van der Waals surface area contributed by atoms with Gasteiger partial charge in [-0.25, -0.2) is 4.79 Å². The average Bonchev–Trinajstić information content (AvgIpc) is 3.60. The van der Waals surface area contributed by atoms with Crippen LogP contribution in [0.2, 0.25) is 0 Å². The minimum absolute atomic E-state index is 0.00303. The molecule has 4 aliphatic carbocycles. The third-order valence-electron chi connectivity index (χ3n) is 17.7. The van der Waals surface area contributed by atoms with E-state index in [-0.39, 0.29) is 47.7 Å². The molecule has 3 aliphatic heterocycles. The molecule has 0 amide bonds. The first-order valence-electron chi connectivity index (χ1n) is 25.2. The van der Waals surface area contributed by atoms with Crippen LogP contribution in [0.1, 0.15) is 116 Å². The fraction of sp³-hybridized carbons (Fsp3) is 0.843. The van der Waals surface area contributed by atoms with Gasteiger partial charge in [-0.1, -0.05) is 40.5 Å². The van der Waals surface area contributed by atoms with E-state index in [0.29, 0.717) is 41.3 Å². The second-order valence-corrected chi connectivity index (χ2v) is 21.8. The largest absolute Gasteiger partial charge is 0.497 e. The molecule has 1 aromatic carbocycles. The predicted molar refractivity (Wildman–Crippen MR) is 241 cm³/mol. The fourth-order valence-corrected chi connectivity index (χ4v) is 14.3. The maximum atomic E-state index is 13.4. The molecule has 7 fully saturated rings. The number of rotatable bonds is 15. The van der Waals surface area contributed by atoms with Gasteiger partial charge in [0.15, 0.2) is 24.8 Å². The molecule has 1 aromatic rings. The van der Waals surface area contributed by atoms with Crippen molar-refractivity contribution < 1.29 is 67.9 Å². The summed E-state index contributed by atoms with van der Waals surface area (Å²) in [6, 6.07) is 6.22. The summed E-state index contributed by atoms with van der Waals surface area (Å²) >= 11 is 0. The van der Waals surface area contributed by atoms with Crippen LogP contribution in [0.15, 0.2) is 24.3 Å². The molecule has 66 heavy (non-hydrogen) atoms. The van der Waals surface area contributed by atoms with Gasteiger partial charge in [-0.2, -0.15) is 0 Å². The zero-order chi connectivity index (χ0) is 46.9. The van der Waals surface area contributed by atoms with E-state index in [1.165, 1.54) is 26.2 Å². The van der Waals surface area contributed by atoms with Gasteiger partial charge in [0.1, 0.15) is 30.2 Å². The topological polar surface area (TPSA) is 192 Å². The highest BCUT2D eigenvalue weighted by molar-refractivity contribution is 5.89. The Bertz CT molecular complexity index is 1760. The molecule has 372 valence electrons. The van der Waals surface area contributed by atoms with Crippen LogP contribution in [0.5, 0.6) is 5.75 Å². The van der Waals surface area contributed by atoms with Crippen LogP contribution in [-0.2, 0) is 38.0 Å². The van der Waals surface area contributed by atoms with Crippen molar-refractivity contribution in [2.24, 2.45) is 52.3 Å². The lowest BCUT2D eigenvalue weighted by molar-refractivity contribution is -0.340. The molecule has 3 saturated heterocycles. The predicted octanol–water partition coefficient (Wildman–Crippen LogP) is 5.12. The smallest absolute Gasteiger partial charge is 0.338 e. The lowest BCUT2D eigenvalue weighted by Crippen LogP contribution is -2.62. The van der Waals surface area contributed by atoms with Gasteiger partial charge in [-0.05, 0) is 134 Å². The molecule has 15 heteroatoms. The zero-order valence-electron chi connectivity index (χ0n) is 40.2. The second kappa shape index (κ2) is 21.3. The van der Waals surface area contributed by atoms with Crippen molar-refractivity contribution in [3.8, 4) is 5.75 Å². The number of esters is 2. The van der Waals surface area contributed by atoms with E-state index < -0.39 is 61.1 Å². The van der Waals surface area contributed by atoms with Crippen molar-refractivity contribution >= 4 is 11.9 Å². The molecule has 0 unspecified atom stereocenters. The van der Waals surface area contributed by atoms with Gasteiger partial charge < -0.3 is 58.3 Å². The van der Waals surface area contributed by atoms with E-state index in [0.717, 1.165) is 103 Å². The maximum Gasteiger partial charge on any atom is 0.338 e. The van der Waals surface area contributed by atoms with Crippen LogP contribution in [0, 0.1) is 52.3 Å². The standard InChI is InChI=1S/C51H79NO14/c1-29(26-52-20-22-60-23-21-52)8-7-9-30(2)42-41(25-38-36-15-12-33-24-34(54)16-18-50(33,4)37(36)17-19-51(38,42)5)64-49-46(63-31(3)53)44(40(56)28-62-49)66-48-45(43(57)39(55)27-61-48)65-47(58)32-10-13-35(59-6)14-11-32/h10-11,13-14,29-30,33-34,36-46,48-49,54-57H,7-9,12,15-28H2,1-6H3/t29-,30-,33+,34+,36-,37+,38+,39-,40+,41+,42+,43+,44+,45-,46-,48+,49+,50+,51+/m1/s1. The van der Waals surface area contributed by atoms with Crippen LogP contribution in [-0.4, -0.2) is 152 Å². The van der Waals surface area contributed by atoms with Gasteiger partial charge in [0.25, 0.3) is 0 Å². The van der Waals surface area contributed by atoms with Gasteiger partial charge in [-0.3, -0.25) is 9.69 Å². The Morgan fingerprint density at radius 1 is 0.803 bits per heavy atom. The molecule has 0 bridgehead atoms. The molecule has 4 N–H and O–H groups in total. The van der Waals surface area contributed by atoms with E-state index in [2.05, 4.69) is 32.6 Å². The van der Waals surface area contributed by atoms with Crippen molar-refractivity contribution in [1.29, 1.82) is 0 Å². The van der Waals surface area contributed by atoms with E-state index in [1.807, 2.05) is 0 Å². The maximum absolute atomic E-state index is 13.4. The van der Waals surface area contributed by atoms with Crippen LogP contribution in [0.4, 0.5) is 0 Å². The monoisotopic (exact) mass is 930 g/mol. The first kappa shape index (κ1) is 50.0. The number of benzene rings is 1. The average molecular weight is 930 g/mol. The Labute approximate surface area is 391 Å². The molecular weight excluding hydrogens is 851 g/mol. The summed E-state index contributed by atoms with van der Waals surface area (Å²) < 4.78 is 48.3. The molecular formula is C51H79NO14. The third kappa shape index (κ3) is 10.5. The number of fused-ring (bicyclic) bond motifs is 5. The van der Waals surface area contributed by atoms with Crippen molar-refractivity contribution in [3.05, 3.63) is 29.8 Å². The van der Waals surface area contributed by atoms with Gasteiger partial charge in [0.2, 0.25) is 0 Å². The number of hydrogen-bond donors (Lipinski definition) is 4. The molecule has 0 spiro atoms. The third-order valence-corrected chi connectivity index (χ3v) is 17.7. The quantitative estimate of drug-likeness (QED) is 0.169. The Morgan fingerprint density at radius 3 is 2.21 bits per heavy atom. The number of morpholine rings is 1. The van der Waals surface area contributed by atoms with Crippen LogP contribution < -0.4 is 4.74 Å². The minimum Gasteiger partial charge on any atom is -0.497 e. The summed E-state index contributed by atoms with van der Waals surface area (Å²) in [5.74, 6) is 2.27. The summed E-state index contributed by atoms with van der Waals surface area (Å²) in [6.07, 6.45) is 0.195. The number of hydrogen-bond acceptors (Lipinski definition) is 15. The van der Waals surface area contributed by atoms with Gasteiger partial charge in [0, 0.05) is 26.6 Å². The van der Waals surface area contributed by atoms with E-state index in [9.17, 15) is 30.0 Å². The summed E-state index contributed by atoms with van der Waals surface area (Å²) in [5, 5.41) is 44.0. The molecule has 0 radical (unpaired) electrons. The number of nitrogens with zero attached hydrogens (tertiary/aromatic N) is 1. The van der Waals surface area contributed by atoms with E-state index in [1.54, 1.807) is 12.1 Å². The van der Waals surface area contributed by atoms with Crippen molar-refractivity contribution in [3.63, 3.8) is 0 Å². The lowest BCUT2D eigenvalue weighted by Gasteiger charge is -2.61. The van der Waals surface area contributed by atoms with E-state index >= 15 is 0 Å². The number of carbonyl (C=O) groups excluding carboxylic acids is 2. The molecule has 3 heterocycles. The molecule has 4 saturated carbocycles. The molecule has 7 aliphatic rings. The normalized spacial score (nSPS) is 42.5. The molecule has 8 rings (SSSR count). The number of carbonyl (C=O) groups is 2. The number of methoxy groups -OCH3 is 1. The van der Waals surface area contributed by atoms with Crippen molar-refractivity contribution in [2.75, 3.05) is 53.2 Å². The number of aliphatic hydroxyl groups excluding tert-OH is 4. The first-order valence-corrected chi connectivity index (χ1v) is 25.2. The minimum atomic E-state index is -1.59. The lowest BCUT2D eigenvalue weighted by atomic mass is 9.44. The molecule has 15 nitrogen and oxygen atoms in total. The second-order valence-electron chi connectivity index (χ2n) is 21.8. The molecule has 19 atom stereocenters. The highest BCUT2D eigenvalue weighted by Gasteiger charge is 2.64. The summed E-state index contributed by atoms with van der Waals surface area (Å²) in [5.41, 5.74) is 0.373. The van der Waals surface area contributed by atoms with Gasteiger partial charge in [0.05, 0.1) is 51.3 Å². The highest BCUT2D eigenvalue weighted by atomic mass is 16.7. The van der Waals surface area contributed by atoms with Gasteiger partial charge in [-0.15, -0.1) is 0 Å². The fourth-order valence-electron chi connectivity index (χ4n) is 14.3. The summed E-state index contributed by atoms with van der Waals surface area (Å²) in [6.45, 7) is 15.2. The number of ether oxygens (including phenoxy) is 8. The van der Waals surface area contributed by atoms with E-state index in [4.69, 9.17) is 37.9 Å². The Balaban J connectivity index is 1.02. The van der Waals surface area contributed by atoms with Crippen molar-refractivity contribution in [2.45, 2.75) is 167 Å². The Morgan fingerprint density at radius 2 is 1.50 bits per heavy atom. The van der Waals surface area contributed by atoms with Crippen LogP contribution in [0.25, 0.3) is 0 Å². The zero-order valence-corrected chi connectivity index (χ0v) is 40.2.